The first-order valence-corrected chi connectivity index (χ1v) is 23.7. The molecule has 0 fully saturated rings. The Morgan fingerprint density at radius 2 is 0.945 bits per heavy atom. The molecule has 1 amide bonds. The maximum Gasteiger partial charge on any atom is 0.472 e. The summed E-state index contributed by atoms with van der Waals surface area (Å²) < 4.78 is 26.8. The fourth-order valence-electron chi connectivity index (χ4n) is 6.31. The molecule has 0 saturated heterocycles. The van der Waals surface area contributed by atoms with Crippen LogP contribution in [0.2, 0.25) is 0 Å². The molecule has 4 N–H and O–H groups in total. The third kappa shape index (κ3) is 38.9. The summed E-state index contributed by atoms with van der Waals surface area (Å²) in [6, 6.07) is -1.54. The minimum atomic E-state index is -4.75. The van der Waals surface area contributed by atoms with Crippen molar-refractivity contribution in [2.75, 3.05) is 19.8 Å². The Bertz CT molecular complexity index is 995. The van der Waals surface area contributed by atoms with Crippen LogP contribution in [-0.4, -0.2) is 64.9 Å². The van der Waals surface area contributed by atoms with Crippen molar-refractivity contribution in [2.24, 2.45) is 0 Å². The van der Waals surface area contributed by atoms with E-state index in [-0.39, 0.29) is 12.8 Å². The third-order valence-electron chi connectivity index (χ3n) is 9.80. The van der Waals surface area contributed by atoms with Crippen LogP contribution in [0.5, 0.6) is 0 Å². The first-order valence-electron chi connectivity index (χ1n) is 22.2. The van der Waals surface area contributed by atoms with Crippen LogP contribution in [0.25, 0.3) is 0 Å². The number of carbonyl (C=O) groups is 3. The van der Waals surface area contributed by atoms with Gasteiger partial charge in [0.15, 0.2) is 6.04 Å². The molecular formula is C43H82NO10P. The van der Waals surface area contributed by atoms with Crippen molar-refractivity contribution < 1.29 is 47.8 Å². The van der Waals surface area contributed by atoms with Crippen LogP contribution in [0.4, 0.5) is 0 Å². The van der Waals surface area contributed by atoms with E-state index in [1.165, 1.54) is 122 Å². The van der Waals surface area contributed by atoms with E-state index < -0.39 is 57.6 Å². The van der Waals surface area contributed by atoms with Crippen molar-refractivity contribution >= 4 is 25.7 Å². The summed E-state index contributed by atoms with van der Waals surface area (Å²) in [5.41, 5.74) is 0. The number of carboxylic acid groups (broad SMARTS) is 1. The normalized spacial score (nSPS) is 13.8. The maximum absolute atomic E-state index is 12.3. The number of esters is 1. The van der Waals surface area contributed by atoms with Gasteiger partial charge in [-0.2, -0.15) is 0 Å². The second kappa shape index (κ2) is 39.1. The van der Waals surface area contributed by atoms with E-state index in [4.69, 9.17) is 13.8 Å². The van der Waals surface area contributed by atoms with E-state index in [2.05, 4.69) is 31.3 Å². The van der Waals surface area contributed by atoms with Gasteiger partial charge in [-0.3, -0.25) is 18.6 Å². The minimum absolute atomic E-state index is 0.144. The molecule has 0 heterocycles. The number of phosphoric ester groups is 1. The van der Waals surface area contributed by atoms with Crippen molar-refractivity contribution in [3.05, 3.63) is 12.2 Å². The van der Waals surface area contributed by atoms with Gasteiger partial charge in [0, 0.05) is 12.8 Å². The first kappa shape index (κ1) is 53.2. The molecule has 11 nitrogen and oxygen atoms in total. The SMILES string of the molecule is CCCCCCCC/C=C\CCCCCCCCCC(=O)NC(COP(=O)(O)OCC(O)COC(=O)CCCCCCCCCCCCCCCC)C(=O)O. The van der Waals surface area contributed by atoms with Gasteiger partial charge < -0.3 is 25.2 Å². The molecule has 3 atom stereocenters. The van der Waals surface area contributed by atoms with Crippen LogP contribution in [0, 0.1) is 0 Å². The first-order chi connectivity index (χ1) is 26.6. The average Bonchev–Trinajstić information content (AvgIpc) is 3.16. The topological polar surface area (TPSA) is 169 Å². The molecule has 0 bridgehead atoms. The number of amides is 1. The van der Waals surface area contributed by atoms with Crippen LogP contribution in [0.1, 0.15) is 213 Å². The molecule has 0 saturated carbocycles. The second-order valence-corrected chi connectivity index (χ2v) is 16.7. The lowest BCUT2D eigenvalue weighted by Gasteiger charge is -2.18. The van der Waals surface area contributed by atoms with Crippen molar-refractivity contribution in [3.8, 4) is 0 Å². The highest BCUT2D eigenvalue weighted by atomic mass is 31.2. The Kier molecular flexibility index (Phi) is 37.8. The number of hydrogen-bond donors (Lipinski definition) is 4. The summed E-state index contributed by atoms with van der Waals surface area (Å²) in [4.78, 5) is 45.9. The highest BCUT2D eigenvalue weighted by molar-refractivity contribution is 7.47. The number of hydrogen-bond acceptors (Lipinski definition) is 8. The number of carbonyl (C=O) groups excluding carboxylic acids is 2. The lowest BCUT2D eigenvalue weighted by Crippen LogP contribution is -2.43. The summed E-state index contributed by atoms with van der Waals surface area (Å²) in [7, 11) is -4.75. The van der Waals surface area contributed by atoms with E-state index in [9.17, 15) is 34.1 Å². The van der Waals surface area contributed by atoms with E-state index >= 15 is 0 Å². The lowest BCUT2D eigenvalue weighted by atomic mass is 10.0. The molecule has 0 aromatic carbocycles. The Balaban J connectivity index is 3.89. The molecule has 55 heavy (non-hydrogen) atoms. The molecule has 0 aromatic rings. The van der Waals surface area contributed by atoms with Crippen LogP contribution >= 0.6 is 7.82 Å². The molecule has 0 spiro atoms. The largest absolute Gasteiger partial charge is 0.480 e. The summed E-state index contributed by atoms with van der Waals surface area (Å²) in [6.07, 6.45) is 38.0. The van der Waals surface area contributed by atoms with Crippen molar-refractivity contribution in [1.82, 2.24) is 5.32 Å². The van der Waals surface area contributed by atoms with Gasteiger partial charge in [0.25, 0.3) is 0 Å². The van der Waals surface area contributed by atoms with Crippen molar-refractivity contribution in [3.63, 3.8) is 0 Å². The fraction of sp³-hybridized carbons (Fsp3) is 0.884. The number of ether oxygens (including phenoxy) is 1. The van der Waals surface area contributed by atoms with Gasteiger partial charge in [-0.05, 0) is 38.5 Å². The molecule has 0 aliphatic rings. The number of aliphatic hydroxyl groups is 1. The van der Waals surface area contributed by atoms with Crippen LogP contribution in [0.3, 0.4) is 0 Å². The Morgan fingerprint density at radius 3 is 1.38 bits per heavy atom. The average molecular weight is 804 g/mol. The number of carboxylic acids is 1. The lowest BCUT2D eigenvalue weighted by molar-refractivity contribution is -0.147. The highest BCUT2D eigenvalue weighted by Crippen LogP contribution is 2.43. The van der Waals surface area contributed by atoms with Crippen LogP contribution in [-0.2, 0) is 32.7 Å². The molecule has 0 aliphatic heterocycles. The number of phosphoric acid groups is 1. The molecule has 0 aromatic heterocycles. The number of nitrogens with one attached hydrogen (secondary N) is 1. The van der Waals surface area contributed by atoms with Crippen molar-refractivity contribution in [1.29, 1.82) is 0 Å². The number of aliphatic hydroxyl groups excluding tert-OH is 1. The maximum atomic E-state index is 12.3. The Hall–Kier alpha value is -1.78. The van der Waals surface area contributed by atoms with E-state index in [1.54, 1.807) is 0 Å². The molecule has 12 heteroatoms. The number of rotatable bonds is 42. The molecule has 0 rings (SSSR count). The number of unbranched alkanes of at least 4 members (excludes halogenated alkanes) is 26. The minimum Gasteiger partial charge on any atom is -0.480 e. The third-order valence-corrected chi connectivity index (χ3v) is 10.8. The van der Waals surface area contributed by atoms with Gasteiger partial charge in [0.2, 0.25) is 5.91 Å². The van der Waals surface area contributed by atoms with Gasteiger partial charge in [0.05, 0.1) is 13.2 Å². The molecule has 324 valence electrons. The number of aliphatic carboxylic acids is 1. The molecule has 0 aliphatic carbocycles. The Labute approximate surface area is 335 Å². The summed E-state index contributed by atoms with van der Waals surface area (Å²) in [6.45, 7) is 2.60. The molecular weight excluding hydrogens is 721 g/mol. The molecule has 0 radical (unpaired) electrons. The van der Waals surface area contributed by atoms with Crippen LogP contribution < -0.4 is 5.32 Å². The van der Waals surface area contributed by atoms with Gasteiger partial charge in [-0.1, -0.05) is 174 Å². The zero-order chi connectivity index (χ0) is 40.7. The van der Waals surface area contributed by atoms with Gasteiger partial charge in [0.1, 0.15) is 12.7 Å². The predicted octanol–water partition coefficient (Wildman–Crippen LogP) is 11.3. The Morgan fingerprint density at radius 1 is 0.564 bits per heavy atom. The van der Waals surface area contributed by atoms with E-state index in [0.717, 1.165) is 51.4 Å². The van der Waals surface area contributed by atoms with Crippen LogP contribution in [0.15, 0.2) is 12.2 Å². The molecule has 3 unspecified atom stereocenters. The zero-order valence-corrected chi connectivity index (χ0v) is 35.9. The standard InChI is InChI=1S/C43H82NO10P/c1-3-5-7-9-11-13-15-17-19-20-21-22-24-26-28-30-32-34-41(46)44-40(43(48)49)38-54-55(50,51)53-37-39(45)36-52-42(47)35-33-31-29-27-25-23-18-16-14-12-10-8-6-4-2/h17,19,39-40,45H,3-16,18,20-38H2,1-2H3,(H,44,46)(H,48,49)(H,50,51)/b19-17-. The quantitative estimate of drug-likeness (QED) is 0.0202. The monoisotopic (exact) mass is 804 g/mol. The summed E-state index contributed by atoms with van der Waals surface area (Å²) >= 11 is 0. The highest BCUT2D eigenvalue weighted by Gasteiger charge is 2.28. The summed E-state index contributed by atoms with van der Waals surface area (Å²) in [5, 5.41) is 21.8. The smallest absolute Gasteiger partial charge is 0.472 e. The second-order valence-electron chi connectivity index (χ2n) is 15.2. The fourth-order valence-corrected chi connectivity index (χ4v) is 7.08. The summed E-state index contributed by atoms with van der Waals surface area (Å²) in [5.74, 6) is -2.37. The van der Waals surface area contributed by atoms with Gasteiger partial charge in [-0.25, -0.2) is 9.36 Å². The van der Waals surface area contributed by atoms with Gasteiger partial charge >= 0.3 is 19.8 Å². The number of allylic oxidation sites excluding steroid dienone is 2. The van der Waals surface area contributed by atoms with E-state index in [1.807, 2.05) is 0 Å². The predicted molar refractivity (Wildman–Crippen MR) is 222 cm³/mol. The van der Waals surface area contributed by atoms with Crippen molar-refractivity contribution in [2.45, 2.75) is 225 Å². The zero-order valence-electron chi connectivity index (χ0n) is 35.0. The van der Waals surface area contributed by atoms with Gasteiger partial charge in [-0.15, -0.1) is 0 Å². The van der Waals surface area contributed by atoms with E-state index in [0.29, 0.717) is 12.8 Å².